The molecule has 0 aliphatic rings. The fourth-order valence-electron chi connectivity index (χ4n) is 1.22. The van der Waals surface area contributed by atoms with Gasteiger partial charge in [-0.25, -0.2) is 19.8 Å². The lowest BCUT2D eigenvalue weighted by Crippen LogP contribution is -2.30. The monoisotopic (exact) mass is 247 g/mol. The Kier molecular flexibility index (Phi) is 3.00. The number of nitrogens with zero attached hydrogens (tertiary/aromatic N) is 4. The second kappa shape index (κ2) is 4.62. The fraction of sp³-hybridized carbons (Fsp3) is 0.100. The number of aromatic nitrogens is 4. The average molecular weight is 247 g/mol. The standard InChI is InChI=1S/C10H9N5O3/c1-15-8(17)6(7(16)14-10(15)18)5-13-9-11-3-2-4-12-9/h2-5,17H,1H3,(H,14,16,18)/b13-5+. The number of H-pyrrole nitrogens is 1. The lowest BCUT2D eigenvalue weighted by atomic mass is 10.3. The number of rotatable bonds is 2. The molecular formula is C10H9N5O3. The summed E-state index contributed by atoms with van der Waals surface area (Å²) in [5, 5.41) is 9.65. The molecule has 0 saturated carbocycles. The van der Waals surface area contributed by atoms with Crippen LogP contribution in [-0.2, 0) is 7.05 Å². The van der Waals surface area contributed by atoms with E-state index in [1.165, 1.54) is 19.4 Å². The van der Waals surface area contributed by atoms with Gasteiger partial charge in [0.1, 0.15) is 5.56 Å². The molecule has 0 unspecified atom stereocenters. The zero-order chi connectivity index (χ0) is 13.1. The van der Waals surface area contributed by atoms with Gasteiger partial charge in [-0.05, 0) is 6.07 Å². The van der Waals surface area contributed by atoms with Crippen molar-refractivity contribution in [1.29, 1.82) is 0 Å². The van der Waals surface area contributed by atoms with Crippen LogP contribution < -0.4 is 11.2 Å². The van der Waals surface area contributed by atoms with Gasteiger partial charge in [0.15, 0.2) is 0 Å². The molecule has 0 saturated heterocycles. The van der Waals surface area contributed by atoms with Gasteiger partial charge in [-0.3, -0.25) is 14.3 Å². The zero-order valence-electron chi connectivity index (χ0n) is 9.36. The van der Waals surface area contributed by atoms with Crippen LogP contribution in [-0.4, -0.2) is 30.8 Å². The van der Waals surface area contributed by atoms with Crippen LogP contribution in [0.15, 0.2) is 33.0 Å². The Morgan fingerprint density at radius 3 is 2.72 bits per heavy atom. The van der Waals surface area contributed by atoms with Gasteiger partial charge in [0.25, 0.3) is 5.56 Å². The second-order valence-corrected chi connectivity index (χ2v) is 3.36. The predicted molar refractivity (Wildman–Crippen MR) is 63.3 cm³/mol. The van der Waals surface area contributed by atoms with Crippen molar-refractivity contribution in [3.63, 3.8) is 0 Å². The predicted octanol–water partition coefficient (Wildman–Crippen LogP) is -0.680. The molecule has 2 rings (SSSR count). The third-order valence-corrected chi connectivity index (χ3v) is 2.19. The molecular weight excluding hydrogens is 238 g/mol. The van der Waals surface area contributed by atoms with E-state index in [0.29, 0.717) is 0 Å². The first-order chi connectivity index (χ1) is 8.59. The highest BCUT2D eigenvalue weighted by Crippen LogP contribution is 2.07. The summed E-state index contributed by atoms with van der Waals surface area (Å²) in [5.74, 6) is -0.325. The topological polar surface area (TPSA) is 113 Å². The smallest absolute Gasteiger partial charge is 0.330 e. The van der Waals surface area contributed by atoms with Crippen molar-refractivity contribution in [2.45, 2.75) is 0 Å². The van der Waals surface area contributed by atoms with Gasteiger partial charge in [0.05, 0.1) is 0 Å². The summed E-state index contributed by atoms with van der Waals surface area (Å²) in [6.45, 7) is 0. The van der Waals surface area contributed by atoms with Crippen molar-refractivity contribution in [3.05, 3.63) is 44.9 Å². The van der Waals surface area contributed by atoms with Gasteiger partial charge in [0, 0.05) is 25.7 Å². The van der Waals surface area contributed by atoms with Gasteiger partial charge in [-0.2, -0.15) is 0 Å². The van der Waals surface area contributed by atoms with Crippen molar-refractivity contribution in [2.24, 2.45) is 12.0 Å². The van der Waals surface area contributed by atoms with E-state index in [4.69, 9.17) is 0 Å². The minimum Gasteiger partial charge on any atom is -0.494 e. The number of aromatic hydroxyl groups is 1. The summed E-state index contributed by atoms with van der Waals surface area (Å²) in [7, 11) is 1.32. The van der Waals surface area contributed by atoms with Crippen LogP contribution in [0.25, 0.3) is 0 Å². The van der Waals surface area contributed by atoms with Crippen LogP contribution in [0, 0.1) is 0 Å². The Morgan fingerprint density at radius 1 is 1.39 bits per heavy atom. The summed E-state index contributed by atoms with van der Waals surface area (Å²) < 4.78 is 0.897. The van der Waals surface area contributed by atoms with Crippen molar-refractivity contribution < 1.29 is 5.11 Å². The van der Waals surface area contributed by atoms with Crippen LogP contribution in [0.1, 0.15) is 5.56 Å². The quantitative estimate of drug-likeness (QED) is 0.682. The van der Waals surface area contributed by atoms with E-state index in [-0.39, 0.29) is 11.5 Å². The maximum absolute atomic E-state index is 11.5. The Bertz CT molecular complexity index is 702. The Balaban J connectivity index is 2.48. The van der Waals surface area contributed by atoms with Crippen molar-refractivity contribution in [1.82, 2.24) is 19.5 Å². The first-order valence-corrected chi connectivity index (χ1v) is 4.93. The molecule has 0 fully saturated rings. The summed E-state index contributed by atoms with van der Waals surface area (Å²) in [4.78, 5) is 36.2. The maximum Gasteiger partial charge on any atom is 0.330 e. The molecule has 18 heavy (non-hydrogen) atoms. The van der Waals surface area contributed by atoms with Crippen molar-refractivity contribution in [2.75, 3.05) is 0 Å². The highest BCUT2D eigenvalue weighted by molar-refractivity contribution is 5.83. The molecule has 0 radical (unpaired) electrons. The summed E-state index contributed by atoms with van der Waals surface area (Å²) in [6.07, 6.45) is 4.08. The molecule has 2 aromatic rings. The number of aromatic amines is 1. The molecule has 0 amide bonds. The van der Waals surface area contributed by atoms with Crippen molar-refractivity contribution >= 4 is 12.2 Å². The van der Waals surface area contributed by atoms with Crippen LogP contribution in [0.5, 0.6) is 5.88 Å². The van der Waals surface area contributed by atoms with Crippen molar-refractivity contribution in [3.8, 4) is 5.88 Å². The van der Waals surface area contributed by atoms with E-state index in [2.05, 4.69) is 15.0 Å². The third kappa shape index (κ3) is 2.17. The van der Waals surface area contributed by atoms with E-state index >= 15 is 0 Å². The third-order valence-electron chi connectivity index (χ3n) is 2.19. The fourth-order valence-corrected chi connectivity index (χ4v) is 1.22. The molecule has 0 atom stereocenters. The van der Waals surface area contributed by atoms with E-state index in [1.54, 1.807) is 6.07 Å². The highest BCUT2D eigenvalue weighted by Gasteiger charge is 2.09. The number of aliphatic imine (C=N–C) groups is 1. The number of hydrogen-bond donors (Lipinski definition) is 2. The summed E-state index contributed by atoms with van der Waals surface area (Å²) >= 11 is 0. The SMILES string of the molecule is Cn1c(O)c(/C=N/c2ncccn2)c(=O)[nH]c1=O. The first kappa shape index (κ1) is 11.7. The molecule has 0 aliphatic heterocycles. The van der Waals surface area contributed by atoms with E-state index < -0.39 is 17.1 Å². The van der Waals surface area contributed by atoms with Gasteiger partial charge < -0.3 is 5.11 Å². The summed E-state index contributed by atoms with van der Waals surface area (Å²) in [6, 6.07) is 1.62. The zero-order valence-corrected chi connectivity index (χ0v) is 9.36. The molecule has 92 valence electrons. The lowest BCUT2D eigenvalue weighted by Gasteiger charge is -2.02. The van der Waals surface area contributed by atoms with Gasteiger partial charge in [-0.15, -0.1) is 0 Å². The van der Waals surface area contributed by atoms with Gasteiger partial charge in [-0.1, -0.05) is 0 Å². The molecule has 2 aromatic heterocycles. The average Bonchev–Trinajstić information content (AvgIpc) is 2.37. The second-order valence-electron chi connectivity index (χ2n) is 3.36. The molecule has 8 heteroatoms. The summed E-state index contributed by atoms with van der Waals surface area (Å²) in [5.41, 5.74) is -1.56. The minimum absolute atomic E-state index is 0.135. The van der Waals surface area contributed by atoms with Gasteiger partial charge >= 0.3 is 5.69 Å². The van der Waals surface area contributed by atoms with E-state index in [0.717, 1.165) is 10.8 Å². The van der Waals surface area contributed by atoms with Crippen LogP contribution >= 0.6 is 0 Å². The largest absolute Gasteiger partial charge is 0.494 e. The first-order valence-electron chi connectivity index (χ1n) is 4.93. The van der Waals surface area contributed by atoms with Crippen LogP contribution in [0.2, 0.25) is 0 Å². The molecule has 2 N–H and O–H groups in total. The molecule has 0 aliphatic carbocycles. The van der Waals surface area contributed by atoms with E-state index in [9.17, 15) is 14.7 Å². The highest BCUT2D eigenvalue weighted by atomic mass is 16.3. The Morgan fingerprint density at radius 2 is 2.06 bits per heavy atom. The molecule has 0 bridgehead atoms. The normalized spacial score (nSPS) is 10.9. The molecule has 0 spiro atoms. The lowest BCUT2D eigenvalue weighted by molar-refractivity contribution is 0.417. The minimum atomic E-state index is -0.727. The Hall–Kier alpha value is -2.77. The maximum atomic E-state index is 11.5. The molecule has 2 heterocycles. The molecule has 8 nitrogen and oxygen atoms in total. The number of hydrogen-bond acceptors (Lipinski definition) is 6. The van der Waals surface area contributed by atoms with Gasteiger partial charge in [0.2, 0.25) is 11.8 Å². The van der Waals surface area contributed by atoms with Crippen LogP contribution in [0.3, 0.4) is 0 Å². The Labute approximate surface area is 100 Å². The number of nitrogens with one attached hydrogen (secondary N) is 1. The van der Waals surface area contributed by atoms with E-state index in [1.807, 2.05) is 4.98 Å². The molecule has 0 aromatic carbocycles. The van der Waals surface area contributed by atoms with Crippen LogP contribution in [0.4, 0.5) is 5.95 Å².